The Morgan fingerprint density at radius 2 is 1.70 bits per heavy atom. The van der Waals surface area contributed by atoms with Gasteiger partial charge in [0.05, 0.1) is 6.10 Å². The van der Waals surface area contributed by atoms with Gasteiger partial charge in [-0.05, 0) is 46.0 Å². The van der Waals surface area contributed by atoms with Crippen molar-refractivity contribution in [3.05, 3.63) is 0 Å². The van der Waals surface area contributed by atoms with Crippen molar-refractivity contribution in [1.82, 2.24) is 9.80 Å². The third-order valence-electron chi connectivity index (χ3n) is 5.56. The van der Waals surface area contributed by atoms with E-state index in [4.69, 9.17) is 4.74 Å². The first kappa shape index (κ1) is 14.3. The lowest BCUT2D eigenvalue weighted by Gasteiger charge is -2.58. The molecule has 4 nitrogen and oxygen atoms in total. The number of piperidine rings is 1. The Hall–Kier alpha value is -0.610. The third kappa shape index (κ3) is 2.48. The molecule has 114 valence electrons. The second-order valence-corrected chi connectivity index (χ2v) is 7.05. The molecule has 0 radical (unpaired) electrons. The number of methoxy groups -OCH3 is 1. The van der Waals surface area contributed by atoms with Gasteiger partial charge in [0.1, 0.15) is 0 Å². The number of carbonyl (C=O) groups is 1. The maximum absolute atomic E-state index is 12.7. The summed E-state index contributed by atoms with van der Waals surface area (Å²) in [6, 6.07) is 1.59. The van der Waals surface area contributed by atoms with Gasteiger partial charge in [-0.25, -0.2) is 0 Å². The van der Waals surface area contributed by atoms with Crippen LogP contribution in [0.2, 0.25) is 0 Å². The van der Waals surface area contributed by atoms with Gasteiger partial charge in [-0.1, -0.05) is 0 Å². The second kappa shape index (κ2) is 5.64. The highest BCUT2D eigenvalue weighted by Gasteiger charge is 2.49. The number of nitrogens with zero attached hydrogens (tertiary/aromatic N) is 2. The van der Waals surface area contributed by atoms with Crippen LogP contribution >= 0.6 is 0 Å². The van der Waals surface area contributed by atoms with Crippen LogP contribution < -0.4 is 0 Å². The molecule has 3 rings (SSSR count). The van der Waals surface area contributed by atoms with Crippen LogP contribution in [0.5, 0.6) is 0 Å². The molecule has 1 aliphatic carbocycles. The van der Waals surface area contributed by atoms with Crippen molar-refractivity contribution in [2.24, 2.45) is 5.92 Å². The quantitative estimate of drug-likeness (QED) is 0.791. The fourth-order valence-electron chi connectivity index (χ4n) is 4.18. The highest BCUT2D eigenvalue weighted by atomic mass is 16.5. The predicted octanol–water partition coefficient (Wildman–Crippen LogP) is 1.89. The standard InChI is InChI=1S/C16H28N2O2/c1-11(2)17-9-13-8-14(10-17)18(13)16(19)12-4-6-15(20-3)7-5-12/h11-15H,4-10H2,1-3H3. The molecule has 0 N–H and O–H groups in total. The summed E-state index contributed by atoms with van der Waals surface area (Å²) in [6.45, 7) is 6.66. The summed E-state index contributed by atoms with van der Waals surface area (Å²) in [5.41, 5.74) is 0. The van der Waals surface area contributed by atoms with Gasteiger partial charge in [-0.2, -0.15) is 0 Å². The van der Waals surface area contributed by atoms with E-state index in [0.717, 1.165) is 38.8 Å². The van der Waals surface area contributed by atoms with Gasteiger partial charge in [-0.3, -0.25) is 9.69 Å². The number of ether oxygens (including phenoxy) is 1. The lowest BCUT2D eigenvalue weighted by molar-refractivity contribution is -0.161. The summed E-state index contributed by atoms with van der Waals surface area (Å²) >= 11 is 0. The van der Waals surface area contributed by atoms with E-state index >= 15 is 0 Å². The van der Waals surface area contributed by atoms with E-state index in [9.17, 15) is 4.79 Å². The minimum Gasteiger partial charge on any atom is -0.381 e. The first-order valence-corrected chi connectivity index (χ1v) is 8.19. The van der Waals surface area contributed by atoms with Crippen LogP contribution in [0.1, 0.15) is 46.0 Å². The Bertz CT molecular complexity index is 351. The minimum atomic E-state index is 0.261. The lowest BCUT2D eigenvalue weighted by Crippen LogP contribution is -2.71. The number of hydrogen-bond donors (Lipinski definition) is 0. The van der Waals surface area contributed by atoms with Crippen molar-refractivity contribution in [1.29, 1.82) is 0 Å². The van der Waals surface area contributed by atoms with E-state index in [1.54, 1.807) is 7.11 Å². The number of piperazine rings is 1. The summed E-state index contributed by atoms with van der Waals surface area (Å²) in [7, 11) is 1.78. The molecule has 2 aliphatic heterocycles. The van der Waals surface area contributed by atoms with E-state index in [0.29, 0.717) is 30.1 Å². The van der Waals surface area contributed by atoms with Gasteiger partial charge in [0.25, 0.3) is 0 Å². The zero-order chi connectivity index (χ0) is 14.3. The molecule has 1 saturated carbocycles. The van der Waals surface area contributed by atoms with Crippen molar-refractivity contribution in [2.75, 3.05) is 20.2 Å². The van der Waals surface area contributed by atoms with E-state index < -0.39 is 0 Å². The Labute approximate surface area is 122 Å². The average Bonchev–Trinajstić information content (AvgIpc) is 2.47. The summed E-state index contributed by atoms with van der Waals surface area (Å²) in [5, 5.41) is 0. The number of carbonyl (C=O) groups excluding carboxylic acids is 1. The molecule has 2 atom stereocenters. The molecule has 2 saturated heterocycles. The molecule has 3 aliphatic rings. The molecular weight excluding hydrogens is 252 g/mol. The van der Waals surface area contributed by atoms with Crippen molar-refractivity contribution < 1.29 is 9.53 Å². The molecule has 0 aromatic carbocycles. The number of hydrogen-bond acceptors (Lipinski definition) is 3. The number of rotatable bonds is 3. The Morgan fingerprint density at radius 3 is 2.20 bits per heavy atom. The Kier molecular flexibility index (Phi) is 4.04. The van der Waals surface area contributed by atoms with Crippen LogP contribution in [0.15, 0.2) is 0 Å². The maximum atomic E-state index is 12.7. The Balaban J connectivity index is 1.55. The van der Waals surface area contributed by atoms with E-state index in [1.807, 2.05) is 0 Å². The fourth-order valence-corrected chi connectivity index (χ4v) is 4.18. The zero-order valence-corrected chi connectivity index (χ0v) is 13.0. The molecule has 0 aromatic heterocycles. The fraction of sp³-hybridized carbons (Fsp3) is 0.938. The van der Waals surface area contributed by atoms with E-state index in [2.05, 4.69) is 23.6 Å². The van der Waals surface area contributed by atoms with Crippen LogP contribution in [0.4, 0.5) is 0 Å². The monoisotopic (exact) mass is 280 g/mol. The highest BCUT2D eigenvalue weighted by molar-refractivity contribution is 5.80. The van der Waals surface area contributed by atoms with Crippen LogP contribution in [-0.2, 0) is 9.53 Å². The summed E-state index contributed by atoms with van der Waals surface area (Å²) in [5.74, 6) is 0.696. The predicted molar refractivity (Wildman–Crippen MR) is 78.5 cm³/mol. The lowest BCUT2D eigenvalue weighted by atomic mass is 9.81. The molecule has 0 aromatic rings. The molecule has 2 unspecified atom stereocenters. The van der Waals surface area contributed by atoms with E-state index in [-0.39, 0.29) is 5.92 Å². The van der Waals surface area contributed by atoms with Gasteiger partial charge in [0.2, 0.25) is 5.91 Å². The molecule has 4 heteroatoms. The average molecular weight is 280 g/mol. The van der Waals surface area contributed by atoms with Gasteiger partial charge in [-0.15, -0.1) is 0 Å². The summed E-state index contributed by atoms with van der Waals surface area (Å²) < 4.78 is 5.40. The van der Waals surface area contributed by atoms with Crippen molar-refractivity contribution >= 4 is 5.91 Å². The zero-order valence-electron chi connectivity index (χ0n) is 13.0. The number of likely N-dealkylation sites (tertiary alicyclic amines) is 2. The van der Waals surface area contributed by atoms with Crippen molar-refractivity contribution in [3.8, 4) is 0 Å². The SMILES string of the molecule is COC1CCC(C(=O)N2C3CC2CN(C(C)C)C3)CC1. The third-order valence-corrected chi connectivity index (χ3v) is 5.56. The normalized spacial score (nSPS) is 37.9. The smallest absolute Gasteiger partial charge is 0.226 e. The van der Waals surface area contributed by atoms with Gasteiger partial charge >= 0.3 is 0 Å². The maximum Gasteiger partial charge on any atom is 0.226 e. The molecule has 2 heterocycles. The molecular formula is C16H28N2O2. The first-order valence-electron chi connectivity index (χ1n) is 8.19. The van der Waals surface area contributed by atoms with Gasteiger partial charge in [0, 0.05) is 44.2 Å². The molecule has 1 amide bonds. The number of amides is 1. The molecule has 3 fully saturated rings. The molecule has 0 spiro atoms. The van der Waals surface area contributed by atoms with Gasteiger partial charge < -0.3 is 9.64 Å². The van der Waals surface area contributed by atoms with Crippen LogP contribution in [0.3, 0.4) is 0 Å². The first-order chi connectivity index (χ1) is 9.60. The Morgan fingerprint density at radius 1 is 1.10 bits per heavy atom. The van der Waals surface area contributed by atoms with Gasteiger partial charge in [0.15, 0.2) is 0 Å². The number of fused-ring (bicyclic) bond motifs is 2. The topological polar surface area (TPSA) is 32.8 Å². The molecule has 2 bridgehead atoms. The second-order valence-electron chi connectivity index (χ2n) is 7.05. The highest BCUT2D eigenvalue weighted by Crippen LogP contribution is 2.37. The van der Waals surface area contributed by atoms with Crippen molar-refractivity contribution in [2.45, 2.75) is 70.2 Å². The van der Waals surface area contributed by atoms with Crippen LogP contribution in [-0.4, -0.2) is 60.1 Å². The van der Waals surface area contributed by atoms with Crippen LogP contribution in [0, 0.1) is 5.92 Å². The summed E-state index contributed by atoms with van der Waals surface area (Å²) in [6.07, 6.45) is 5.74. The largest absolute Gasteiger partial charge is 0.381 e. The summed E-state index contributed by atoms with van der Waals surface area (Å²) in [4.78, 5) is 17.5. The van der Waals surface area contributed by atoms with E-state index in [1.165, 1.54) is 6.42 Å². The van der Waals surface area contributed by atoms with Crippen molar-refractivity contribution in [3.63, 3.8) is 0 Å². The minimum absolute atomic E-state index is 0.261. The molecule has 20 heavy (non-hydrogen) atoms. The van der Waals surface area contributed by atoms with Crippen LogP contribution in [0.25, 0.3) is 0 Å².